The van der Waals surface area contributed by atoms with E-state index >= 15 is 0 Å². The van der Waals surface area contributed by atoms with Crippen molar-refractivity contribution >= 4 is 58.5 Å². The van der Waals surface area contributed by atoms with Gasteiger partial charge in [-0.3, -0.25) is 0 Å². The van der Waals surface area contributed by atoms with Crippen LogP contribution < -0.4 is 32.1 Å². The second-order valence-corrected chi connectivity index (χ2v) is 10.9. The van der Waals surface area contributed by atoms with Crippen LogP contribution in [0.4, 0.5) is 0 Å². The zero-order chi connectivity index (χ0) is 29.0. The second-order valence-electron chi connectivity index (χ2n) is 10.9. The van der Waals surface area contributed by atoms with Crippen molar-refractivity contribution < 1.29 is 0 Å². The molecule has 4 N–H and O–H groups in total. The Balaban J connectivity index is 1.20. The molecule has 0 atom stereocenters. The van der Waals surface area contributed by atoms with Gasteiger partial charge in [-0.2, -0.15) is 0 Å². The third kappa shape index (κ3) is 4.51. The standard InChI is InChI=1S/C36H24N8/c1-9-29-30-10-3-23(39-30)18-24-5-13-33(41-24)34-14-7-27(43-34)20-28-8-16-36(44-28)35-15-6-26(42-35)19-25-4-12-32(40-25)31-11-2-22(38-31)17-21(1)37-29/h1-20,37,39-40,43H. The molecular weight excluding hydrogens is 544 g/mol. The van der Waals surface area contributed by atoms with E-state index in [1.807, 2.05) is 97.2 Å². The van der Waals surface area contributed by atoms with Crippen LogP contribution in [0.3, 0.4) is 0 Å². The van der Waals surface area contributed by atoms with Gasteiger partial charge in [0.15, 0.2) is 0 Å². The number of aromatic amines is 4. The topological polar surface area (TPSA) is 113 Å². The maximum atomic E-state index is 4.83. The van der Waals surface area contributed by atoms with Crippen molar-refractivity contribution in [1.29, 1.82) is 0 Å². The molecule has 5 aliphatic heterocycles. The summed E-state index contributed by atoms with van der Waals surface area (Å²) in [6, 6.07) is 16.4. The lowest BCUT2D eigenvalue weighted by Crippen LogP contribution is -2.12. The molecule has 9 rings (SSSR count). The summed E-state index contributed by atoms with van der Waals surface area (Å²) >= 11 is 0. The lowest BCUT2D eigenvalue weighted by Gasteiger charge is -1.93. The third-order valence-electron chi connectivity index (χ3n) is 7.80. The fourth-order valence-electron chi connectivity index (χ4n) is 5.65. The molecule has 16 bridgehead atoms. The molecule has 208 valence electrons. The number of nitrogens with zero attached hydrogens (tertiary/aromatic N) is 4. The van der Waals surface area contributed by atoms with Crippen LogP contribution in [0, 0.1) is 10.7 Å². The van der Waals surface area contributed by atoms with Crippen LogP contribution in [0.2, 0.25) is 0 Å². The minimum atomic E-state index is 0.840. The van der Waals surface area contributed by atoms with Gasteiger partial charge in [0.1, 0.15) is 0 Å². The van der Waals surface area contributed by atoms with E-state index in [0.717, 1.165) is 88.4 Å². The largest absolute Gasteiger partial charge is 0.354 e. The maximum Gasteiger partial charge on any atom is 0.0894 e. The Labute approximate surface area is 249 Å². The number of aliphatic imine (C=N–C) groups is 4. The minimum absolute atomic E-state index is 0.840. The number of allylic oxidation sites excluding steroid dienone is 6. The lowest BCUT2D eigenvalue weighted by atomic mass is 10.3. The average Bonchev–Trinajstić information content (AvgIpc) is 3.85. The van der Waals surface area contributed by atoms with Gasteiger partial charge in [0.25, 0.3) is 0 Å². The molecule has 8 heteroatoms. The third-order valence-corrected chi connectivity index (χ3v) is 7.80. The van der Waals surface area contributed by atoms with Gasteiger partial charge in [-0.05, 0) is 121 Å². The van der Waals surface area contributed by atoms with Crippen molar-refractivity contribution in [2.75, 3.05) is 0 Å². The minimum Gasteiger partial charge on any atom is -0.354 e. The summed E-state index contributed by atoms with van der Waals surface area (Å²) in [5, 5.41) is 7.79. The molecule has 0 saturated heterocycles. The number of hydrogen-bond donors (Lipinski definition) is 4. The lowest BCUT2D eigenvalue weighted by molar-refractivity contribution is 1.18. The summed E-state index contributed by atoms with van der Waals surface area (Å²) in [6.45, 7) is 0. The van der Waals surface area contributed by atoms with Crippen LogP contribution in [0.15, 0.2) is 129 Å². The van der Waals surface area contributed by atoms with Gasteiger partial charge >= 0.3 is 0 Å². The number of aromatic nitrogens is 4. The number of rotatable bonds is 0. The number of hydrogen-bond acceptors (Lipinski definition) is 4. The molecule has 8 nitrogen and oxygen atoms in total. The van der Waals surface area contributed by atoms with E-state index in [-0.39, 0.29) is 0 Å². The summed E-state index contributed by atoms with van der Waals surface area (Å²) in [4.78, 5) is 33.2. The maximum absolute atomic E-state index is 4.83. The van der Waals surface area contributed by atoms with E-state index in [2.05, 4.69) is 44.2 Å². The first-order valence-corrected chi connectivity index (χ1v) is 14.4. The van der Waals surface area contributed by atoms with E-state index in [1.165, 1.54) is 0 Å². The van der Waals surface area contributed by atoms with Crippen molar-refractivity contribution in [3.8, 4) is 0 Å². The SMILES string of the molecule is C1=CC2=C3C=CC(=N3)C=c3ccc([nH]3)=C3C=CC(=N3)C=c3ccc([nH]3)=c3ccc([nH]3)=CC3=NC(=c4ccc([nH]4)=CC1=N2)C=C3. The van der Waals surface area contributed by atoms with Gasteiger partial charge in [-0.15, -0.1) is 0 Å². The van der Waals surface area contributed by atoms with Gasteiger partial charge in [-0.1, -0.05) is 0 Å². The van der Waals surface area contributed by atoms with Crippen LogP contribution in [0.5, 0.6) is 0 Å². The van der Waals surface area contributed by atoms with Crippen LogP contribution in [0.1, 0.15) is 0 Å². The Bertz CT molecular complexity index is 2510. The molecule has 0 aliphatic carbocycles. The molecule has 5 aliphatic rings. The van der Waals surface area contributed by atoms with Crippen LogP contribution in [-0.4, -0.2) is 42.8 Å². The predicted molar refractivity (Wildman–Crippen MR) is 177 cm³/mol. The zero-order valence-electron chi connectivity index (χ0n) is 23.3. The first kappa shape index (κ1) is 24.3. The van der Waals surface area contributed by atoms with Crippen molar-refractivity contribution in [3.63, 3.8) is 0 Å². The van der Waals surface area contributed by atoms with Crippen molar-refractivity contribution in [3.05, 3.63) is 151 Å². The van der Waals surface area contributed by atoms with Gasteiger partial charge in [-0.25, -0.2) is 20.0 Å². The van der Waals surface area contributed by atoms with Crippen LogP contribution in [0.25, 0.3) is 35.7 Å². The molecule has 0 unspecified atom stereocenters. The monoisotopic (exact) mass is 568 g/mol. The highest BCUT2D eigenvalue weighted by Gasteiger charge is 2.11. The normalized spacial score (nSPS) is 17.8. The molecule has 0 amide bonds. The molecule has 4 aromatic heterocycles. The molecule has 44 heavy (non-hydrogen) atoms. The summed E-state index contributed by atoms with van der Waals surface area (Å²) < 4.78 is 0. The molecule has 0 aromatic carbocycles. The highest BCUT2D eigenvalue weighted by molar-refractivity contribution is 6.22. The first-order valence-electron chi connectivity index (χ1n) is 14.4. The summed E-state index contributed by atoms with van der Waals surface area (Å²) in [7, 11) is 0. The number of H-pyrrole nitrogens is 4. The smallest absolute Gasteiger partial charge is 0.0894 e. The quantitative estimate of drug-likeness (QED) is 0.245. The summed E-state index contributed by atoms with van der Waals surface area (Å²) in [5.41, 5.74) is 6.96. The van der Waals surface area contributed by atoms with Crippen molar-refractivity contribution in [2.24, 2.45) is 20.0 Å². The van der Waals surface area contributed by atoms with Crippen LogP contribution >= 0.6 is 0 Å². The highest BCUT2D eigenvalue weighted by Crippen LogP contribution is 2.21. The summed E-state index contributed by atoms with van der Waals surface area (Å²) in [5.74, 6) is 0. The molecule has 4 aromatic rings. The zero-order valence-corrected chi connectivity index (χ0v) is 23.3. The molecule has 0 saturated carbocycles. The molecular formula is C36H24N8. The molecule has 0 radical (unpaired) electrons. The van der Waals surface area contributed by atoms with Gasteiger partial charge in [0.05, 0.1) is 67.0 Å². The van der Waals surface area contributed by atoms with E-state index in [9.17, 15) is 0 Å². The van der Waals surface area contributed by atoms with E-state index in [0.29, 0.717) is 0 Å². The van der Waals surface area contributed by atoms with E-state index in [1.54, 1.807) is 0 Å². The first-order chi connectivity index (χ1) is 21.7. The Hall–Kier alpha value is -6.28. The Kier molecular flexibility index (Phi) is 5.33. The predicted octanol–water partition coefficient (Wildman–Crippen LogP) is 1.29. The molecule has 0 fully saturated rings. The molecule has 0 spiro atoms. The average molecular weight is 569 g/mol. The van der Waals surface area contributed by atoms with E-state index < -0.39 is 0 Å². The molecule has 9 heterocycles. The number of fused-ring (bicyclic) bond motifs is 12. The van der Waals surface area contributed by atoms with Gasteiger partial charge < -0.3 is 19.9 Å². The fourth-order valence-corrected chi connectivity index (χ4v) is 5.65. The Morgan fingerprint density at radius 2 is 0.591 bits per heavy atom. The van der Waals surface area contributed by atoms with Crippen molar-refractivity contribution in [2.45, 2.75) is 0 Å². The highest BCUT2D eigenvalue weighted by atomic mass is 14.9. The number of nitrogens with one attached hydrogen (secondary N) is 4. The van der Waals surface area contributed by atoms with Gasteiger partial charge in [0, 0.05) is 21.4 Å². The van der Waals surface area contributed by atoms with Gasteiger partial charge in [0.2, 0.25) is 0 Å². The Morgan fingerprint density at radius 1 is 0.295 bits per heavy atom. The fraction of sp³-hybridized carbons (Fsp3) is 0. The van der Waals surface area contributed by atoms with E-state index in [4.69, 9.17) is 20.0 Å². The second kappa shape index (κ2) is 9.64. The van der Waals surface area contributed by atoms with Crippen molar-refractivity contribution in [1.82, 2.24) is 19.9 Å². The Morgan fingerprint density at radius 3 is 0.977 bits per heavy atom. The summed E-state index contributed by atoms with van der Waals surface area (Å²) in [6.07, 6.45) is 24.3. The van der Waals surface area contributed by atoms with Crippen LogP contribution in [-0.2, 0) is 0 Å².